The molecule has 10 aromatic carbocycles. The van der Waals surface area contributed by atoms with E-state index in [-0.39, 0.29) is 0 Å². The highest BCUT2D eigenvalue weighted by Crippen LogP contribution is 2.49. The Labute approximate surface area is 337 Å². The van der Waals surface area contributed by atoms with Crippen molar-refractivity contribution >= 4 is 72.1 Å². The monoisotopic (exact) mass is 738 g/mol. The number of rotatable bonds is 8. The number of hydrogen-bond acceptors (Lipinski definition) is 3. The van der Waals surface area contributed by atoms with Crippen LogP contribution < -0.4 is 9.80 Å². The summed E-state index contributed by atoms with van der Waals surface area (Å²) in [5.74, 6) is 0. The largest absolute Gasteiger partial charge is 0.320 e. The van der Waals surface area contributed by atoms with Crippen LogP contribution in [0.25, 0.3) is 59.4 Å². The number of benzene rings is 10. The molecule has 58 heavy (non-hydrogen) atoms. The van der Waals surface area contributed by atoms with Crippen molar-refractivity contribution in [2.24, 2.45) is 0 Å². The molecule has 0 heterocycles. The van der Waals surface area contributed by atoms with Crippen LogP contribution in [0.1, 0.15) is 5.56 Å². The van der Waals surface area contributed by atoms with E-state index in [2.05, 4.69) is 142 Å². The average molecular weight is 739 g/mol. The van der Waals surface area contributed by atoms with Crippen LogP contribution in [0.4, 0.5) is 39.8 Å². The third-order valence-corrected chi connectivity index (χ3v) is 11.0. The number of nitriles is 1. The van der Waals surface area contributed by atoms with Gasteiger partial charge in [-0.1, -0.05) is 146 Å². The van der Waals surface area contributed by atoms with Gasteiger partial charge < -0.3 is 9.80 Å². The molecule has 0 radical (unpaired) electrons. The lowest BCUT2D eigenvalue weighted by Crippen LogP contribution is -2.12. The molecule has 0 aliphatic heterocycles. The molecule has 0 saturated carbocycles. The third kappa shape index (κ3) is 5.85. The van der Waals surface area contributed by atoms with Gasteiger partial charge >= 0.3 is 0 Å². The lowest BCUT2D eigenvalue weighted by Gasteiger charge is -2.30. The zero-order valence-corrected chi connectivity index (χ0v) is 31.4. The summed E-state index contributed by atoms with van der Waals surface area (Å²) in [6, 6.07) is 73.4. The Kier molecular flexibility index (Phi) is 8.57. The maximum absolute atomic E-state index is 10.6. The van der Waals surface area contributed by atoms with E-state index < -0.39 is 0 Å². The second-order valence-electron chi connectivity index (χ2n) is 14.3. The maximum atomic E-state index is 10.6. The Morgan fingerprint density at radius 3 is 1.29 bits per heavy atom. The van der Waals surface area contributed by atoms with Crippen LogP contribution in [0, 0.1) is 17.9 Å². The predicted octanol–water partition coefficient (Wildman–Crippen LogP) is 15.3. The summed E-state index contributed by atoms with van der Waals surface area (Å²) in [4.78, 5) is 8.53. The number of anilines is 6. The van der Waals surface area contributed by atoms with Gasteiger partial charge in [-0.3, -0.25) is 0 Å². The van der Waals surface area contributed by atoms with Crippen LogP contribution in [-0.2, 0) is 0 Å². The van der Waals surface area contributed by atoms with Crippen molar-refractivity contribution in [3.63, 3.8) is 0 Å². The summed E-state index contributed by atoms with van der Waals surface area (Å²) >= 11 is 0. The van der Waals surface area contributed by atoms with E-state index >= 15 is 0 Å². The third-order valence-electron chi connectivity index (χ3n) is 11.0. The molecular formula is C54H34N4. The van der Waals surface area contributed by atoms with Gasteiger partial charge in [0.2, 0.25) is 5.69 Å². The zero-order chi connectivity index (χ0) is 39.0. The highest BCUT2D eigenvalue weighted by molar-refractivity contribution is 6.28. The van der Waals surface area contributed by atoms with Crippen molar-refractivity contribution in [1.29, 1.82) is 5.26 Å². The Hall–Kier alpha value is -8.18. The Bertz CT molecular complexity index is 2960. The fourth-order valence-electron chi connectivity index (χ4n) is 8.37. The van der Waals surface area contributed by atoms with Crippen molar-refractivity contribution in [3.8, 4) is 28.3 Å². The zero-order valence-electron chi connectivity index (χ0n) is 31.4. The van der Waals surface area contributed by atoms with Crippen molar-refractivity contribution < 1.29 is 0 Å². The van der Waals surface area contributed by atoms with Crippen LogP contribution in [0.15, 0.2) is 206 Å². The molecule has 4 nitrogen and oxygen atoms in total. The van der Waals surface area contributed by atoms with Crippen LogP contribution in [0.3, 0.4) is 0 Å². The molecule has 4 heteroatoms. The van der Waals surface area contributed by atoms with Gasteiger partial charge in [-0.2, -0.15) is 5.26 Å². The summed E-state index contributed by atoms with van der Waals surface area (Å²) in [6.07, 6.45) is 0. The Balaban J connectivity index is 1.19. The standard InChI is InChI=1S/C54H34N4/c1-56-48-35-42(38-16-8-3-9-17-38)27-33-52(48)58(45-20-12-5-13-21-45)51-32-25-40-22-28-46-50(31-24-39-23-29-47(51)54(40)53(39)46)57(44-18-10-4-11-19-44)49-30-26-41(34-43(49)36-55)37-14-6-2-7-15-37/h2-35H. The smallest absolute Gasteiger partial charge is 0.211 e. The van der Waals surface area contributed by atoms with Gasteiger partial charge in [-0.05, 0) is 104 Å². The molecule has 0 aliphatic carbocycles. The van der Waals surface area contributed by atoms with Crippen molar-refractivity contribution in [2.45, 2.75) is 0 Å². The second kappa shape index (κ2) is 14.5. The van der Waals surface area contributed by atoms with Crippen molar-refractivity contribution in [1.82, 2.24) is 0 Å². The Morgan fingerprint density at radius 1 is 0.397 bits per heavy atom. The summed E-state index contributed by atoms with van der Waals surface area (Å²) in [5.41, 5.74) is 10.8. The molecular weight excluding hydrogens is 705 g/mol. The molecule has 10 rings (SSSR count). The fourth-order valence-corrected chi connectivity index (χ4v) is 8.37. The van der Waals surface area contributed by atoms with Crippen LogP contribution in [0.2, 0.25) is 0 Å². The topological polar surface area (TPSA) is 34.6 Å². The lowest BCUT2D eigenvalue weighted by molar-refractivity contribution is 1.28. The van der Waals surface area contributed by atoms with E-state index in [0.717, 1.165) is 88.7 Å². The van der Waals surface area contributed by atoms with E-state index in [9.17, 15) is 5.26 Å². The fraction of sp³-hybridized carbons (Fsp3) is 0. The average Bonchev–Trinajstić information content (AvgIpc) is 3.30. The van der Waals surface area contributed by atoms with Crippen LogP contribution in [-0.4, -0.2) is 0 Å². The minimum atomic E-state index is 0.572. The minimum absolute atomic E-state index is 0.572. The molecule has 0 atom stereocenters. The first-order chi connectivity index (χ1) is 28.7. The molecule has 0 saturated heterocycles. The first kappa shape index (κ1) is 34.3. The van der Waals surface area contributed by atoms with Gasteiger partial charge in [0.25, 0.3) is 0 Å². The SMILES string of the molecule is [C-]#[N+]c1cc(-c2ccccc2)ccc1N(c1ccccc1)c1ccc2ccc3c(N(c4ccccc4)c4ccc(-c5ccccc5)cc4C#N)ccc4ccc1c2c43. The summed E-state index contributed by atoms with van der Waals surface area (Å²) < 4.78 is 0. The molecule has 270 valence electrons. The van der Waals surface area contributed by atoms with Crippen LogP contribution in [0.5, 0.6) is 0 Å². The molecule has 0 N–H and O–H groups in total. The first-order valence-corrected chi connectivity index (χ1v) is 19.3. The number of hydrogen-bond donors (Lipinski definition) is 0. The summed E-state index contributed by atoms with van der Waals surface area (Å²) in [5, 5.41) is 17.4. The van der Waals surface area contributed by atoms with E-state index in [1.165, 1.54) is 0 Å². The van der Waals surface area contributed by atoms with E-state index in [1.54, 1.807) is 0 Å². The van der Waals surface area contributed by atoms with Gasteiger partial charge in [0.05, 0.1) is 34.9 Å². The van der Waals surface area contributed by atoms with E-state index in [1.807, 2.05) is 84.9 Å². The highest BCUT2D eigenvalue weighted by Gasteiger charge is 2.24. The summed E-state index contributed by atoms with van der Waals surface area (Å²) in [7, 11) is 0. The van der Waals surface area contributed by atoms with Crippen molar-refractivity contribution in [3.05, 3.63) is 223 Å². The molecule has 10 aromatic rings. The summed E-state index contributed by atoms with van der Waals surface area (Å²) in [6.45, 7) is 8.36. The van der Waals surface area contributed by atoms with Gasteiger partial charge in [0.1, 0.15) is 6.07 Å². The molecule has 0 spiro atoms. The van der Waals surface area contributed by atoms with Gasteiger partial charge in [0.15, 0.2) is 0 Å². The Morgan fingerprint density at radius 2 is 0.810 bits per heavy atom. The molecule has 0 aromatic heterocycles. The van der Waals surface area contributed by atoms with E-state index in [4.69, 9.17) is 6.57 Å². The van der Waals surface area contributed by atoms with Gasteiger partial charge in [-0.25, -0.2) is 4.85 Å². The molecule has 0 amide bonds. The lowest BCUT2D eigenvalue weighted by atomic mass is 9.91. The number of para-hydroxylation sites is 2. The van der Waals surface area contributed by atoms with E-state index in [0.29, 0.717) is 11.3 Å². The van der Waals surface area contributed by atoms with Crippen molar-refractivity contribution in [2.75, 3.05) is 9.80 Å². The molecule has 0 bridgehead atoms. The van der Waals surface area contributed by atoms with Gasteiger partial charge in [-0.15, -0.1) is 0 Å². The normalized spacial score (nSPS) is 11.1. The second-order valence-corrected chi connectivity index (χ2v) is 14.3. The quantitative estimate of drug-likeness (QED) is 0.115. The molecule has 0 aliphatic rings. The molecule has 0 unspecified atom stereocenters. The van der Waals surface area contributed by atoms with Gasteiger partial charge in [0, 0.05) is 22.1 Å². The van der Waals surface area contributed by atoms with Crippen LogP contribution >= 0.6 is 0 Å². The maximum Gasteiger partial charge on any atom is 0.211 e. The highest BCUT2D eigenvalue weighted by atomic mass is 15.2. The minimum Gasteiger partial charge on any atom is -0.320 e. The predicted molar refractivity (Wildman–Crippen MR) is 241 cm³/mol. The molecule has 0 fully saturated rings. The first-order valence-electron chi connectivity index (χ1n) is 19.3. The number of nitrogens with zero attached hydrogens (tertiary/aromatic N) is 4.